The highest BCUT2D eigenvalue weighted by molar-refractivity contribution is 8.11. The van der Waals surface area contributed by atoms with Crippen molar-refractivity contribution in [2.75, 3.05) is 0 Å². The Morgan fingerprint density at radius 2 is 0.750 bits per heavy atom. The van der Waals surface area contributed by atoms with Gasteiger partial charge in [-0.25, -0.2) is 0 Å². The van der Waals surface area contributed by atoms with Crippen molar-refractivity contribution >= 4 is 57.3 Å². The molecular weight excluding hydrogens is 302 g/mol. The average molecular weight is 329 g/mol. The van der Waals surface area contributed by atoms with Gasteiger partial charge >= 0.3 is 5.14 Å². The van der Waals surface area contributed by atoms with Crippen molar-refractivity contribution in [2.45, 2.75) is 58.9 Å². The normalized spacial score (nSPS) is 15.2. The van der Waals surface area contributed by atoms with Gasteiger partial charge in [0.15, 0.2) is 0 Å². The Labute approximate surface area is 116 Å². The zero-order chi connectivity index (χ0) is 13.6. The molecule has 0 aliphatic heterocycles. The van der Waals surface area contributed by atoms with Crippen molar-refractivity contribution in [2.24, 2.45) is 0 Å². The fourth-order valence-electron chi connectivity index (χ4n) is 4.36. The predicted octanol–water partition coefficient (Wildman–Crippen LogP) is 4.73. The summed E-state index contributed by atoms with van der Waals surface area (Å²) in [4.78, 5) is 0. The molecule has 16 heavy (non-hydrogen) atoms. The molecule has 0 radical (unpaired) electrons. The summed E-state index contributed by atoms with van der Waals surface area (Å²) >= 11 is 13.2. The molecule has 0 bridgehead atoms. The molecule has 0 atom stereocenters. The Morgan fingerprint density at radius 1 is 0.562 bits per heavy atom. The minimum absolute atomic E-state index is 0.0579. The quantitative estimate of drug-likeness (QED) is 0.654. The first-order chi connectivity index (χ1) is 6.69. The zero-order valence-electron chi connectivity index (χ0n) is 12.3. The second-order valence-electron chi connectivity index (χ2n) is 7.86. The van der Waals surface area contributed by atoms with Crippen LogP contribution in [-0.4, -0.2) is 34.4 Å². The van der Waals surface area contributed by atoms with E-state index in [1.54, 1.807) is 0 Å². The van der Waals surface area contributed by atoms with Crippen LogP contribution in [0.5, 0.6) is 0 Å². The molecule has 0 fully saturated rings. The van der Waals surface area contributed by atoms with Gasteiger partial charge in [0.1, 0.15) is 0 Å². The van der Waals surface area contributed by atoms with Crippen LogP contribution in [0.1, 0.15) is 0 Å². The lowest BCUT2D eigenvalue weighted by molar-refractivity contribution is 1.76. The molecule has 0 rings (SSSR count). The van der Waals surface area contributed by atoms with E-state index in [1.165, 1.54) is 0 Å². The highest BCUT2D eigenvalue weighted by atomic mass is 35.5. The topological polar surface area (TPSA) is 0 Å². The van der Waals surface area contributed by atoms with Crippen LogP contribution in [0.4, 0.5) is 0 Å². The molecule has 0 saturated carbocycles. The third-order valence-electron chi connectivity index (χ3n) is 3.88. The number of rotatable bonds is 4. The van der Waals surface area contributed by atoms with E-state index in [-0.39, 0.29) is 5.14 Å². The van der Waals surface area contributed by atoms with Gasteiger partial charge in [-0.3, -0.25) is 0 Å². The van der Waals surface area contributed by atoms with E-state index in [0.29, 0.717) is 0 Å². The summed E-state index contributed by atoms with van der Waals surface area (Å²) in [5, 5.41) is -0.0579. The number of hydrogen-bond donors (Lipinski definition) is 0. The minimum atomic E-state index is -1.53. The van der Waals surface area contributed by atoms with Crippen LogP contribution < -0.4 is 0 Å². The third-order valence-corrected chi connectivity index (χ3v) is 81.3. The molecule has 0 spiro atoms. The van der Waals surface area contributed by atoms with E-state index in [0.717, 1.165) is 0 Å². The Bertz CT molecular complexity index is 214. The van der Waals surface area contributed by atoms with Crippen molar-refractivity contribution in [3.05, 3.63) is 0 Å². The summed E-state index contributed by atoms with van der Waals surface area (Å²) in [6, 6.07) is 0. The second-order valence-corrected chi connectivity index (χ2v) is 50.5. The molecular formula is C9H27BCl2Si4. The number of halogens is 2. The van der Waals surface area contributed by atoms with Crippen molar-refractivity contribution in [1.29, 1.82) is 0 Å². The largest absolute Gasteiger partial charge is 0.331 e. The molecule has 0 nitrogen and oxygen atoms in total. The molecule has 0 N–H and O–H groups in total. The SMILES string of the molecule is C[Si](C)(C)[Si](B(Cl)Cl)([Si](C)(C)C)[Si](C)(C)C. The third kappa shape index (κ3) is 2.74. The van der Waals surface area contributed by atoms with Crippen LogP contribution in [0.3, 0.4) is 0 Å². The molecule has 0 aromatic carbocycles. The van der Waals surface area contributed by atoms with Gasteiger partial charge in [0.2, 0.25) is 0 Å². The Balaban J connectivity index is 6.05. The predicted molar refractivity (Wildman–Crippen MR) is 93.3 cm³/mol. The molecule has 0 aliphatic carbocycles. The smallest absolute Gasteiger partial charge is 0.177 e. The Hall–Kier alpha value is 1.51. The Morgan fingerprint density at radius 3 is 0.750 bits per heavy atom. The lowest BCUT2D eigenvalue weighted by Crippen LogP contribution is -2.87. The maximum Gasteiger partial charge on any atom is 0.331 e. The van der Waals surface area contributed by atoms with E-state index < -0.39 is 29.3 Å². The van der Waals surface area contributed by atoms with Crippen molar-refractivity contribution in [3.63, 3.8) is 0 Å². The molecule has 7 heteroatoms. The van der Waals surface area contributed by atoms with Crippen molar-refractivity contribution < 1.29 is 0 Å². The first-order valence-corrected chi connectivity index (χ1v) is 22.4. The van der Waals surface area contributed by atoms with Crippen LogP contribution in [0.2, 0.25) is 58.9 Å². The highest BCUT2D eigenvalue weighted by Gasteiger charge is 2.66. The van der Waals surface area contributed by atoms with Gasteiger partial charge < -0.3 is 0 Å². The number of hydrogen-bond acceptors (Lipinski definition) is 0. The van der Waals surface area contributed by atoms with Crippen LogP contribution in [0, 0.1) is 0 Å². The maximum atomic E-state index is 6.59. The zero-order valence-corrected chi connectivity index (χ0v) is 17.8. The fraction of sp³-hybridized carbons (Fsp3) is 1.00. The monoisotopic (exact) mass is 328 g/mol. The summed E-state index contributed by atoms with van der Waals surface area (Å²) in [5.74, 6) is 0. The first-order valence-electron chi connectivity index (χ1n) is 5.98. The Kier molecular flexibility index (Phi) is 5.35. The summed E-state index contributed by atoms with van der Waals surface area (Å²) in [6.07, 6.45) is 0. The second kappa shape index (κ2) is 4.89. The maximum absolute atomic E-state index is 6.59. The average Bonchev–Trinajstić information content (AvgIpc) is 1.71. The fourth-order valence-corrected chi connectivity index (χ4v) is 118. The summed E-state index contributed by atoms with van der Waals surface area (Å²) in [5.41, 5.74) is 0. The lowest BCUT2D eigenvalue weighted by atomic mass is 10.7. The molecule has 0 heterocycles. The summed E-state index contributed by atoms with van der Waals surface area (Å²) in [6.45, 7) is 21.0. The van der Waals surface area contributed by atoms with Crippen LogP contribution in [0.15, 0.2) is 0 Å². The summed E-state index contributed by atoms with van der Waals surface area (Å²) < 4.78 is 0. The molecule has 0 unspecified atom stereocenters. The molecule has 96 valence electrons. The van der Waals surface area contributed by atoms with Crippen molar-refractivity contribution in [1.82, 2.24) is 0 Å². The van der Waals surface area contributed by atoms with E-state index in [2.05, 4.69) is 58.9 Å². The van der Waals surface area contributed by atoms with Gasteiger partial charge in [0.05, 0.1) is 6.50 Å². The van der Waals surface area contributed by atoms with Crippen LogP contribution in [0.25, 0.3) is 0 Å². The molecule has 0 aliphatic rings. The highest BCUT2D eigenvalue weighted by Crippen LogP contribution is 2.40. The van der Waals surface area contributed by atoms with E-state index >= 15 is 0 Å². The van der Waals surface area contributed by atoms with Gasteiger partial charge in [-0.15, -0.1) is 0 Å². The molecule has 0 saturated heterocycles. The first kappa shape index (κ1) is 17.5. The van der Waals surface area contributed by atoms with Gasteiger partial charge in [-0.05, 0) is 0 Å². The molecule has 0 aromatic rings. The van der Waals surface area contributed by atoms with Crippen LogP contribution >= 0.6 is 22.9 Å². The lowest BCUT2D eigenvalue weighted by Gasteiger charge is -2.57. The van der Waals surface area contributed by atoms with Crippen molar-refractivity contribution in [3.8, 4) is 0 Å². The van der Waals surface area contributed by atoms with E-state index in [1.807, 2.05) is 0 Å². The standard InChI is InChI=1S/C9H27BCl2Si4/c1-13(2,3)16(10(11)12,14(4,5)6)15(7,8)9/h1-9H3. The van der Waals surface area contributed by atoms with Gasteiger partial charge in [0, 0.05) is 22.8 Å². The van der Waals surface area contributed by atoms with Gasteiger partial charge in [0.25, 0.3) is 0 Å². The van der Waals surface area contributed by atoms with Gasteiger partial charge in [-0.1, -0.05) is 58.9 Å². The summed E-state index contributed by atoms with van der Waals surface area (Å²) in [7, 11) is -3.82. The molecule has 0 amide bonds. The molecule has 0 aromatic heterocycles. The van der Waals surface area contributed by atoms with Gasteiger partial charge in [-0.2, -0.15) is 22.9 Å². The minimum Gasteiger partial charge on any atom is -0.177 e. The van der Waals surface area contributed by atoms with E-state index in [9.17, 15) is 0 Å². The van der Waals surface area contributed by atoms with Crippen LogP contribution in [-0.2, 0) is 0 Å². The van der Waals surface area contributed by atoms with E-state index in [4.69, 9.17) is 22.9 Å².